The Hall–Kier alpha value is -3.03. The molecule has 1 aliphatic rings. The van der Waals surface area contributed by atoms with Crippen LogP contribution in [0.3, 0.4) is 0 Å². The van der Waals surface area contributed by atoms with Crippen LogP contribution in [0.1, 0.15) is 28.2 Å². The topological polar surface area (TPSA) is 103 Å². The van der Waals surface area contributed by atoms with Crippen LogP contribution < -0.4 is 14.8 Å². The maximum atomic E-state index is 12.5. The molecule has 0 spiro atoms. The van der Waals surface area contributed by atoms with Gasteiger partial charge in [0, 0.05) is 5.56 Å². The SMILES string of the molecule is Cc1nn(CCC(=O)O)c(C)c1NC(=O)c1ccc2c(c1)OCCO2. The van der Waals surface area contributed by atoms with Crippen molar-refractivity contribution in [2.75, 3.05) is 18.5 Å². The van der Waals surface area contributed by atoms with E-state index in [1.807, 2.05) is 0 Å². The lowest BCUT2D eigenvalue weighted by molar-refractivity contribution is -0.137. The van der Waals surface area contributed by atoms with Gasteiger partial charge in [-0.3, -0.25) is 14.3 Å². The maximum Gasteiger partial charge on any atom is 0.305 e. The molecule has 1 amide bonds. The molecule has 0 saturated carbocycles. The van der Waals surface area contributed by atoms with Crippen LogP contribution in [-0.2, 0) is 11.3 Å². The molecule has 132 valence electrons. The Morgan fingerprint density at radius 3 is 2.68 bits per heavy atom. The van der Waals surface area contributed by atoms with E-state index in [1.54, 1.807) is 36.7 Å². The van der Waals surface area contributed by atoms with Crippen LogP contribution in [0.15, 0.2) is 18.2 Å². The van der Waals surface area contributed by atoms with Gasteiger partial charge in [0.2, 0.25) is 0 Å². The smallest absolute Gasteiger partial charge is 0.305 e. The van der Waals surface area contributed by atoms with Crippen LogP contribution in [0.5, 0.6) is 11.5 Å². The number of rotatable bonds is 5. The van der Waals surface area contributed by atoms with Crippen molar-refractivity contribution in [3.63, 3.8) is 0 Å². The number of carbonyl (C=O) groups excluding carboxylic acids is 1. The summed E-state index contributed by atoms with van der Waals surface area (Å²) >= 11 is 0. The highest BCUT2D eigenvalue weighted by Gasteiger charge is 2.18. The Bertz CT molecular complexity index is 828. The number of carboxylic acids is 1. The average molecular weight is 345 g/mol. The maximum absolute atomic E-state index is 12.5. The molecule has 25 heavy (non-hydrogen) atoms. The Labute approximate surface area is 144 Å². The van der Waals surface area contributed by atoms with E-state index in [2.05, 4.69) is 10.4 Å². The molecule has 8 nitrogen and oxygen atoms in total. The normalized spacial score (nSPS) is 12.7. The van der Waals surface area contributed by atoms with Crippen LogP contribution in [0.25, 0.3) is 0 Å². The predicted molar refractivity (Wildman–Crippen MR) is 89.3 cm³/mol. The van der Waals surface area contributed by atoms with Gasteiger partial charge >= 0.3 is 5.97 Å². The standard InChI is InChI=1S/C17H19N3O5/c1-10-16(11(2)20(19-10)6-5-15(21)22)18-17(23)12-3-4-13-14(9-12)25-8-7-24-13/h3-4,9H,5-8H2,1-2H3,(H,18,23)(H,21,22). The van der Waals surface area contributed by atoms with Gasteiger partial charge in [0.15, 0.2) is 11.5 Å². The zero-order valence-electron chi connectivity index (χ0n) is 14.0. The van der Waals surface area contributed by atoms with E-state index < -0.39 is 5.97 Å². The van der Waals surface area contributed by atoms with Crippen LogP contribution in [0, 0.1) is 13.8 Å². The molecule has 0 unspecified atom stereocenters. The Kier molecular flexibility index (Phi) is 4.60. The summed E-state index contributed by atoms with van der Waals surface area (Å²) in [6.07, 6.45) is -0.0303. The average Bonchev–Trinajstić information content (AvgIpc) is 2.87. The van der Waals surface area contributed by atoms with Crippen molar-refractivity contribution in [3.05, 3.63) is 35.2 Å². The monoisotopic (exact) mass is 345 g/mol. The number of anilines is 1. The summed E-state index contributed by atoms with van der Waals surface area (Å²) in [4.78, 5) is 23.3. The summed E-state index contributed by atoms with van der Waals surface area (Å²) in [5, 5.41) is 15.9. The zero-order valence-corrected chi connectivity index (χ0v) is 14.0. The van der Waals surface area contributed by atoms with Gasteiger partial charge in [-0.25, -0.2) is 0 Å². The first-order valence-electron chi connectivity index (χ1n) is 7.92. The summed E-state index contributed by atoms with van der Waals surface area (Å²) in [5.41, 5.74) is 2.38. The molecule has 2 N–H and O–H groups in total. The lowest BCUT2D eigenvalue weighted by atomic mass is 10.1. The van der Waals surface area contributed by atoms with Gasteiger partial charge in [-0.15, -0.1) is 0 Å². The van der Waals surface area contributed by atoms with E-state index in [0.29, 0.717) is 47.4 Å². The minimum atomic E-state index is -0.894. The molecule has 1 aromatic heterocycles. The Balaban J connectivity index is 1.78. The van der Waals surface area contributed by atoms with Crippen molar-refractivity contribution in [2.45, 2.75) is 26.8 Å². The summed E-state index contributed by atoms with van der Waals surface area (Å²) < 4.78 is 12.5. The quantitative estimate of drug-likeness (QED) is 0.859. The molecule has 8 heteroatoms. The number of hydrogen-bond acceptors (Lipinski definition) is 5. The Morgan fingerprint density at radius 2 is 1.96 bits per heavy atom. The molecule has 0 radical (unpaired) electrons. The predicted octanol–water partition coefficient (Wildman–Crippen LogP) is 2.00. The van der Waals surface area contributed by atoms with Gasteiger partial charge in [0.25, 0.3) is 5.91 Å². The van der Waals surface area contributed by atoms with Crippen molar-refractivity contribution < 1.29 is 24.2 Å². The molecule has 0 bridgehead atoms. The molecule has 1 aliphatic heterocycles. The molecule has 0 saturated heterocycles. The van der Waals surface area contributed by atoms with Crippen LogP contribution in [-0.4, -0.2) is 40.0 Å². The highest BCUT2D eigenvalue weighted by atomic mass is 16.6. The second kappa shape index (κ2) is 6.84. The highest BCUT2D eigenvalue weighted by Crippen LogP contribution is 2.31. The fraction of sp³-hybridized carbons (Fsp3) is 0.353. The lowest BCUT2D eigenvalue weighted by Gasteiger charge is -2.18. The number of hydrogen-bond donors (Lipinski definition) is 2. The molecule has 0 atom stereocenters. The first-order valence-corrected chi connectivity index (χ1v) is 7.92. The summed E-state index contributed by atoms with van der Waals surface area (Å²) in [6.45, 7) is 4.76. The van der Waals surface area contributed by atoms with Gasteiger partial charge < -0.3 is 19.9 Å². The van der Waals surface area contributed by atoms with Crippen molar-refractivity contribution in [1.82, 2.24) is 9.78 Å². The van der Waals surface area contributed by atoms with Crippen molar-refractivity contribution in [3.8, 4) is 11.5 Å². The molecule has 0 fully saturated rings. The van der Waals surface area contributed by atoms with Gasteiger partial charge in [0.05, 0.1) is 30.0 Å². The summed E-state index contributed by atoms with van der Waals surface area (Å²) in [7, 11) is 0. The second-order valence-corrected chi connectivity index (χ2v) is 5.73. The number of nitrogens with zero attached hydrogens (tertiary/aromatic N) is 2. The summed E-state index contributed by atoms with van der Waals surface area (Å²) in [6, 6.07) is 5.02. The van der Waals surface area contributed by atoms with Crippen LogP contribution in [0.2, 0.25) is 0 Å². The second-order valence-electron chi connectivity index (χ2n) is 5.73. The third kappa shape index (κ3) is 3.57. The molecule has 2 aromatic rings. The van der Waals surface area contributed by atoms with Crippen LogP contribution >= 0.6 is 0 Å². The number of benzene rings is 1. The lowest BCUT2D eigenvalue weighted by Crippen LogP contribution is -2.17. The van der Waals surface area contributed by atoms with Crippen molar-refractivity contribution in [2.24, 2.45) is 0 Å². The summed E-state index contributed by atoms with van der Waals surface area (Å²) in [5.74, 6) is -0.0171. The number of aryl methyl sites for hydroxylation is 2. The van der Waals surface area contributed by atoms with Crippen LogP contribution in [0.4, 0.5) is 5.69 Å². The van der Waals surface area contributed by atoms with E-state index in [0.717, 1.165) is 0 Å². The third-order valence-corrected chi connectivity index (χ3v) is 3.96. The molecule has 2 heterocycles. The van der Waals surface area contributed by atoms with E-state index in [4.69, 9.17) is 14.6 Å². The van der Waals surface area contributed by atoms with E-state index in [1.165, 1.54) is 0 Å². The number of ether oxygens (including phenoxy) is 2. The number of aliphatic carboxylic acids is 1. The Morgan fingerprint density at radius 1 is 1.24 bits per heavy atom. The highest BCUT2D eigenvalue weighted by molar-refractivity contribution is 6.05. The van der Waals surface area contributed by atoms with Gasteiger partial charge in [0.1, 0.15) is 13.2 Å². The minimum Gasteiger partial charge on any atom is -0.486 e. The number of aromatic nitrogens is 2. The zero-order chi connectivity index (χ0) is 18.0. The van der Waals surface area contributed by atoms with Gasteiger partial charge in [-0.1, -0.05) is 0 Å². The minimum absolute atomic E-state index is 0.0303. The van der Waals surface area contributed by atoms with Gasteiger partial charge in [-0.05, 0) is 32.0 Å². The number of amides is 1. The molecule has 0 aliphatic carbocycles. The van der Waals surface area contributed by atoms with E-state index >= 15 is 0 Å². The molecular formula is C17H19N3O5. The van der Waals surface area contributed by atoms with Crippen molar-refractivity contribution in [1.29, 1.82) is 0 Å². The number of carboxylic acid groups (broad SMARTS) is 1. The van der Waals surface area contributed by atoms with Gasteiger partial charge in [-0.2, -0.15) is 5.10 Å². The molecular weight excluding hydrogens is 326 g/mol. The van der Waals surface area contributed by atoms with E-state index in [9.17, 15) is 9.59 Å². The number of carbonyl (C=O) groups is 2. The first-order chi connectivity index (χ1) is 12.0. The number of fused-ring (bicyclic) bond motifs is 1. The third-order valence-electron chi connectivity index (χ3n) is 3.96. The first kappa shape index (κ1) is 16.8. The largest absolute Gasteiger partial charge is 0.486 e. The molecule has 1 aromatic carbocycles. The number of nitrogens with one attached hydrogen (secondary N) is 1. The fourth-order valence-electron chi connectivity index (χ4n) is 2.67. The fourth-order valence-corrected chi connectivity index (χ4v) is 2.67. The van der Waals surface area contributed by atoms with Crippen molar-refractivity contribution >= 4 is 17.6 Å². The van der Waals surface area contributed by atoms with E-state index in [-0.39, 0.29) is 18.9 Å². The molecule has 3 rings (SSSR count).